The number of para-hydroxylation sites is 2. The summed E-state index contributed by atoms with van der Waals surface area (Å²) in [6.45, 7) is 4.32. The number of rotatable bonds is 7. The molecule has 5 heteroatoms. The van der Waals surface area contributed by atoms with Gasteiger partial charge >= 0.3 is 0 Å². The number of unbranched alkanes of at least 4 members (excludes halogenated alkanes) is 2. The average Bonchev–Trinajstić information content (AvgIpc) is 3.29. The van der Waals surface area contributed by atoms with E-state index >= 15 is 0 Å². The van der Waals surface area contributed by atoms with Crippen LogP contribution in [0.3, 0.4) is 0 Å². The Kier molecular flexibility index (Phi) is 7.03. The molecule has 0 spiro atoms. The van der Waals surface area contributed by atoms with E-state index in [1.165, 1.54) is 35.8 Å². The molecule has 0 saturated carbocycles. The van der Waals surface area contributed by atoms with Crippen LogP contribution in [0.2, 0.25) is 5.02 Å². The van der Waals surface area contributed by atoms with Crippen molar-refractivity contribution in [3.63, 3.8) is 0 Å². The minimum atomic E-state index is 0.293. The van der Waals surface area contributed by atoms with Gasteiger partial charge in [-0.3, -0.25) is 4.79 Å². The molecule has 2 aliphatic heterocycles. The first kappa shape index (κ1) is 22.5. The number of aryl methyl sites for hydroxylation is 1. The number of carbonyl (C=O) groups excluding carboxylic acids is 1. The highest BCUT2D eigenvalue weighted by molar-refractivity contribution is 6.35. The highest BCUT2D eigenvalue weighted by Gasteiger charge is 2.24. The molecule has 1 amide bonds. The van der Waals surface area contributed by atoms with E-state index in [4.69, 9.17) is 11.6 Å². The van der Waals surface area contributed by atoms with Crippen LogP contribution >= 0.6 is 11.6 Å². The Labute approximate surface area is 201 Å². The highest BCUT2D eigenvalue weighted by Crippen LogP contribution is 2.35. The van der Waals surface area contributed by atoms with Gasteiger partial charge in [0.1, 0.15) is 0 Å². The molecular formula is C28H34ClN3O. The maximum absolute atomic E-state index is 12.8. The molecule has 0 unspecified atom stereocenters. The van der Waals surface area contributed by atoms with Gasteiger partial charge in [0, 0.05) is 30.2 Å². The number of aromatic nitrogens is 1. The lowest BCUT2D eigenvalue weighted by Gasteiger charge is -2.32. The first-order chi connectivity index (χ1) is 16.2. The summed E-state index contributed by atoms with van der Waals surface area (Å²) in [5.74, 6) is 0.903. The molecule has 174 valence electrons. The number of carbonyl (C=O) groups is 1. The van der Waals surface area contributed by atoms with E-state index in [-0.39, 0.29) is 0 Å². The van der Waals surface area contributed by atoms with Crippen molar-refractivity contribution < 1.29 is 4.79 Å². The minimum Gasteiger partial charge on any atom is -0.360 e. The number of piperidine rings is 1. The van der Waals surface area contributed by atoms with Crippen LogP contribution in [-0.4, -0.2) is 42.0 Å². The van der Waals surface area contributed by atoms with E-state index in [1.54, 1.807) is 0 Å². The lowest BCUT2D eigenvalue weighted by atomic mass is 9.89. The van der Waals surface area contributed by atoms with Crippen LogP contribution in [0.5, 0.6) is 0 Å². The number of nitrogens with one attached hydrogen (secondary N) is 1. The van der Waals surface area contributed by atoms with Gasteiger partial charge < -0.3 is 14.8 Å². The van der Waals surface area contributed by atoms with Crippen molar-refractivity contribution >= 4 is 34.1 Å². The van der Waals surface area contributed by atoms with E-state index in [1.807, 2.05) is 23.1 Å². The third-order valence-electron chi connectivity index (χ3n) is 7.50. The number of amides is 1. The van der Waals surface area contributed by atoms with E-state index in [0.717, 1.165) is 68.1 Å². The Morgan fingerprint density at radius 3 is 2.73 bits per heavy atom. The van der Waals surface area contributed by atoms with Crippen molar-refractivity contribution in [1.82, 2.24) is 9.88 Å². The quantitative estimate of drug-likeness (QED) is 0.404. The van der Waals surface area contributed by atoms with Gasteiger partial charge in [0.05, 0.1) is 10.5 Å². The smallest absolute Gasteiger partial charge is 0.226 e. The molecule has 1 aromatic heterocycles. The van der Waals surface area contributed by atoms with E-state index in [0.29, 0.717) is 18.2 Å². The molecular weight excluding hydrogens is 430 g/mol. The van der Waals surface area contributed by atoms with E-state index in [9.17, 15) is 4.79 Å². The summed E-state index contributed by atoms with van der Waals surface area (Å²) in [6.07, 6.45) is 10.7. The third-order valence-corrected chi connectivity index (χ3v) is 7.82. The van der Waals surface area contributed by atoms with Crippen molar-refractivity contribution in [3.05, 3.63) is 64.8 Å². The topological polar surface area (TPSA) is 39.3 Å². The predicted octanol–water partition coefficient (Wildman–Crippen LogP) is 6.54. The molecule has 5 rings (SSSR count). The van der Waals surface area contributed by atoms with Crippen molar-refractivity contribution in [1.29, 1.82) is 0 Å². The zero-order valence-electron chi connectivity index (χ0n) is 19.4. The molecule has 3 aromatic rings. The molecule has 1 fully saturated rings. The normalized spacial score (nSPS) is 17.4. The number of hydrogen-bond acceptors (Lipinski definition) is 2. The molecule has 0 aliphatic carbocycles. The Bertz CT molecular complexity index is 1100. The summed E-state index contributed by atoms with van der Waals surface area (Å²) in [5, 5.41) is 2.08. The van der Waals surface area contributed by atoms with E-state index < -0.39 is 0 Å². The zero-order chi connectivity index (χ0) is 22.6. The molecule has 1 saturated heterocycles. The Hall–Kier alpha value is -2.30. The second-order valence-electron chi connectivity index (χ2n) is 9.61. The number of nitrogens with zero attached hydrogens (tertiary/aromatic N) is 2. The Morgan fingerprint density at radius 1 is 1.00 bits per heavy atom. The standard InChI is InChI=1S/C28H34ClN3O/c29-25-11-6-10-23-24(20-30-28(23)25)21-14-18-31(19-15-21)16-5-1-2-13-27(33)32-17-7-9-22-8-3-4-12-26(22)32/h3-4,6,8,10-12,20-21,30H,1-2,5,7,9,13-19H2. The molecule has 0 radical (unpaired) electrons. The fourth-order valence-electron chi connectivity index (χ4n) is 5.66. The monoisotopic (exact) mass is 463 g/mol. The van der Waals surface area contributed by atoms with Gasteiger partial charge in [-0.15, -0.1) is 0 Å². The van der Waals surface area contributed by atoms with Gasteiger partial charge in [-0.1, -0.05) is 48.4 Å². The Balaban J connectivity index is 1.03. The van der Waals surface area contributed by atoms with Gasteiger partial charge in [-0.2, -0.15) is 0 Å². The van der Waals surface area contributed by atoms with Crippen LogP contribution < -0.4 is 4.90 Å². The second kappa shape index (κ2) is 10.3. The molecule has 4 nitrogen and oxygen atoms in total. The van der Waals surface area contributed by atoms with Crippen LogP contribution in [0, 0.1) is 0 Å². The lowest BCUT2D eigenvalue weighted by Crippen LogP contribution is -2.35. The molecule has 2 aromatic carbocycles. The largest absolute Gasteiger partial charge is 0.360 e. The van der Waals surface area contributed by atoms with Crippen molar-refractivity contribution in [2.24, 2.45) is 0 Å². The summed E-state index contributed by atoms with van der Waals surface area (Å²) in [6, 6.07) is 14.6. The number of aromatic amines is 1. The summed E-state index contributed by atoms with van der Waals surface area (Å²) < 4.78 is 0. The van der Waals surface area contributed by atoms with E-state index in [2.05, 4.69) is 40.3 Å². The van der Waals surface area contributed by atoms with Gasteiger partial charge in [0.25, 0.3) is 0 Å². The summed E-state index contributed by atoms with van der Waals surface area (Å²) in [5.41, 5.74) is 4.94. The van der Waals surface area contributed by atoms with Gasteiger partial charge in [0.15, 0.2) is 0 Å². The molecule has 0 atom stereocenters. The minimum absolute atomic E-state index is 0.293. The number of benzene rings is 2. The SMILES string of the molecule is O=C(CCCCCN1CCC(c2c[nH]c3c(Cl)cccc23)CC1)N1CCCc2ccccc21. The van der Waals surface area contributed by atoms with Gasteiger partial charge in [-0.25, -0.2) is 0 Å². The number of anilines is 1. The van der Waals surface area contributed by atoms with Crippen molar-refractivity contribution in [2.45, 2.75) is 57.3 Å². The van der Waals surface area contributed by atoms with Crippen LogP contribution in [0.25, 0.3) is 10.9 Å². The zero-order valence-corrected chi connectivity index (χ0v) is 20.1. The molecule has 1 N–H and O–H groups in total. The maximum atomic E-state index is 12.8. The summed E-state index contributed by atoms with van der Waals surface area (Å²) in [7, 11) is 0. The number of hydrogen-bond donors (Lipinski definition) is 1. The third kappa shape index (κ3) is 4.97. The average molecular weight is 464 g/mol. The summed E-state index contributed by atoms with van der Waals surface area (Å²) >= 11 is 6.34. The number of fused-ring (bicyclic) bond motifs is 2. The first-order valence-electron chi connectivity index (χ1n) is 12.6. The molecule has 3 heterocycles. The lowest BCUT2D eigenvalue weighted by molar-refractivity contribution is -0.118. The van der Waals surface area contributed by atoms with Crippen LogP contribution in [0.1, 0.15) is 62.0 Å². The number of likely N-dealkylation sites (tertiary alicyclic amines) is 1. The first-order valence-corrected chi connectivity index (χ1v) is 12.9. The summed E-state index contributed by atoms with van der Waals surface area (Å²) in [4.78, 5) is 20.8. The maximum Gasteiger partial charge on any atom is 0.226 e. The fraction of sp³-hybridized carbons (Fsp3) is 0.464. The highest BCUT2D eigenvalue weighted by atomic mass is 35.5. The Morgan fingerprint density at radius 2 is 1.85 bits per heavy atom. The van der Waals surface area contributed by atoms with Crippen LogP contribution in [0.15, 0.2) is 48.7 Å². The number of halogens is 1. The van der Waals surface area contributed by atoms with Gasteiger partial charge in [-0.05, 0) is 87.3 Å². The second-order valence-corrected chi connectivity index (χ2v) is 10.0. The van der Waals surface area contributed by atoms with Crippen molar-refractivity contribution in [2.75, 3.05) is 31.1 Å². The number of H-pyrrole nitrogens is 1. The van der Waals surface area contributed by atoms with Crippen LogP contribution in [0.4, 0.5) is 5.69 Å². The predicted molar refractivity (Wildman–Crippen MR) is 137 cm³/mol. The molecule has 33 heavy (non-hydrogen) atoms. The molecule has 2 aliphatic rings. The van der Waals surface area contributed by atoms with Crippen molar-refractivity contribution in [3.8, 4) is 0 Å². The van der Waals surface area contributed by atoms with Gasteiger partial charge in [0.2, 0.25) is 5.91 Å². The molecule has 0 bridgehead atoms. The fourth-order valence-corrected chi connectivity index (χ4v) is 5.89. The van der Waals surface area contributed by atoms with Crippen LogP contribution in [-0.2, 0) is 11.2 Å².